The summed E-state index contributed by atoms with van der Waals surface area (Å²) in [6, 6.07) is 13.7. The van der Waals surface area contributed by atoms with Gasteiger partial charge in [-0.2, -0.15) is 0 Å². The molecular weight excluding hydrogens is 428 g/mol. The van der Waals surface area contributed by atoms with Gasteiger partial charge in [0.15, 0.2) is 6.61 Å². The van der Waals surface area contributed by atoms with E-state index in [1.165, 1.54) is 28.6 Å². The van der Waals surface area contributed by atoms with Crippen molar-refractivity contribution in [3.63, 3.8) is 0 Å². The quantitative estimate of drug-likeness (QED) is 0.487. The summed E-state index contributed by atoms with van der Waals surface area (Å²) in [6.45, 7) is 5.92. The normalized spacial score (nSPS) is 14.4. The third kappa shape index (κ3) is 5.56. The van der Waals surface area contributed by atoms with Crippen LogP contribution in [0.25, 0.3) is 6.08 Å². The zero-order valence-corrected chi connectivity index (χ0v) is 19.3. The Hall–Kier alpha value is -3.13. The molecule has 0 saturated heterocycles. The number of ether oxygens (including phenoxy) is 1. The molecule has 1 atom stereocenters. The van der Waals surface area contributed by atoms with Crippen LogP contribution in [0.15, 0.2) is 59.5 Å². The van der Waals surface area contributed by atoms with Crippen LogP contribution >= 0.6 is 0 Å². The van der Waals surface area contributed by atoms with E-state index in [-0.39, 0.29) is 29.4 Å². The van der Waals surface area contributed by atoms with Gasteiger partial charge < -0.3 is 10.1 Å². The second-order valence-corrected chi connectivity index (χ2v) is 9.93. The summed E-state index contributed by atoms with van der Waals surface area (Å²) in [7, 11) is -3.66. The average molecular weight is 457 g/mol. The number of amides is 1. The van der Waals surface area contributed by atoms with Gasteiger partial charge in [0, 0.05) is 18.7 Å². The van der Waals surface area contributed by atoms with E-state index in [9.17, 15) is 18.0 Å². The Morgan fingerprint density at radius 3 is 2.47 bits per heavy atom. The first-order chi connectivity index (χ1) is 15.2. The van der Waals surface area contributed by atoms with Crippen LogP contribution in [0.3, 0.4) is 0 Å². The number of hydrogen-bond donors (Lipinski definition) is 1. The van der Waals surface area contributed by atoms with E-state index in [0.29, 0.717) is 24.2 Å². The van der Waals surface area contributed by atoms with Crippen LogP contribution in [-0.2, 0) is 30.8 Å². The number of hydrogen-bond acceptors (Lipinski definition) is 5. The second-order valence-electron chi connectivity index (χ2n) is 8.07. The van der Waals surface area contributed by atoms with Crippen molar-refractivity contribution < 1.29 is 22.7 Å². The summed E-state index contributed by atoms with van der Waals surface area (Å²) in [5.74, 6) is -0.727. The third-order valence-corrected chi connectivity index (χ3v) is 7.29. The van der Waals surface area contributed by atoms with Crippen molar-refractivity contribution in [2.75, 3.05) is 17.5 Å². The highest BCUT2D eigenvalue weighted by molar-refractivity contribution is 7.92. The molecule has 0 unspecified atom stereocenters. The van der Waals surface area contributed by atoms with Crippen molar-refractivity contribution in [2.24, 2.45) is 5.92 Å². The van der Waals surface area contributed by atoms with Gasteiger partial charge in [0.05, 0.1) is 10.6 Å². The molecule has 0 spiro atoms. The Morgan fingerprint density at radius 1 is 1.09 bits per heavy atom. The molecule has 0 aliphatic carbocycles. The lowest BCUT2D eigenvalue weighted by Gasteiger charge is -2.19. The zero-order chi connectivity index (χ0) is 23.3. The Morgan fingerprint density at radius 2 is 1.78 bits per heavy atom. The maximum atomic E-state index is 13.0. The number of rotatable bonds is 8. The van der Waals surface area contributed by atoms with Gasteiger partial charge >= 0.3 is 5.97 Å². The van der Waals surface area contributed by atoms with E-state index >= 15 is 0 Å². The number of benzene rings is 2. The SMILES string of the molecule is CC(C)[C@@H](C)NC(=O)COC(=O)/C=C/c1ccc(S(=O)(=O)N2CCc3ccccc32)cc1. The number of sulfonamides is 1. The molecule has 0 saturated carbocycles. The van der Waals surface area contributed by atoms with Crippen molar-refractivity contribution >= 4 is 33.7 Å². The van der Waals surface area contributed by atoms with Crippen LogP contribution in [0.5, 0.6) is 0 Å². The molecule has 3 rings (SSSR count). The highest BCUT2D eigenvalue weighted by Gasteiger charge is 2.30. The molecule has 2 aromatic rings. The lowest BCUT2D eigenvalue weighted by atomic mass is 10.1. The first kappa shape index (κ1) is 23.5. The molecular formula is C24H28N2O5S. The van der Waals surface area contributed by atoms with E-state index in [0.717, 1.165) is 5.56 Å². The number of carbonyl (C=O) groups excluding carboxylic acids is 2. The zero-order valence-electron chi connectivity index (χ0n) is 18.4. The fourth-order valence-electron chi connectivity index (χ4n) is 3.25. The molecule has 1 aliphatic rings. The van der Waals surface area contributed by atoms with Crippen LogP contribution in [0.4, 0.5) is 5.69 Å². The molecule has 1 heterocycles. The molecule has 1 amide bonds. The van der Waals surface area contributed by atoms with Crippen molar-refractivity contribution in [1.29, 1.82) is 0 Å². The molecule has 7 nitrogen and oxygen atoms in total. The average Bonchev–Trinajstić information content (AvgIpc) is 3.21. The minimum absolute atomic E-state index is 0.0134. The molecule has 1 N–H and O–H groups in total. The smallest absolute Gasteiger partial charge is 0.331 e. The highest BCUT2D eigenvalue weighted by Crippen LogP contribution is 2.32. The number of fused-ring (bicyclic) bond motifs is 1. The summed E-state index contributed by atoms with van der Waals surface area (Å²) in [6.07, 6.45) is 3.41. The summed E-state index contributed by atoms with van der Waals surface area (Å²) in [4.78, 5) is 23.8. The minimum Gasteiger partial charge on any atom is -0.452 e. The third-order valence-electron chi connectivity index (χ3n) is 5.46. The van der Waals surface area contributed by atoms with E-state index in [1.807, 2.05) is 45.0 Å². The Bertz CT molecular complexity index is 1110. The fourth-order valence-corrected chi connectivity index (χ4v) is 4.75. The molecule has 8 heteroatoms. The summed E-state index contributed by atoms with van der Waals surface area (Å²) >= 11 is 0. The van der Waals surface area contributed by atoms with Gasteiger partial charge in [-0.1, -0.05) is 44.2 Å². The first-order valence-electron chi connectivity index (χ1n) is 10.5. The predicted octanol–water partition coefficient (Wildman–Crippen LogP) is 3.16. The number of nitrogens with one attached hydrogen (secondary N) is 1. The number of esters is 1. The topological polar surface area (TPSA) is 92.8 Å². The van der Waals surface area contributed by atoms with Gasteiger partial charge in [-0.15, -0.1) is 0 Å². The van der Waals surface area contributed by atoms with Crippen LogP contribution < -0.4 is 9.62 Å². The maximum Gasteiger partial charge on any atom is 0.331 e. The number of nitrogens with zero attached hydrogens (tertiary/aromatic N) is 1. The van der Waals surface area contributed by atoms with Gasteiger partial charge in [0.25, 0.3) is 15.9 Å². The Balaban J connectivity index is 1.58. The van der Waals surface area contributed by atoms with Crippen molar-refractivity contribution in [3.8, 4) is 0 Å². The number of para-hydroxylation sites is 1. The van der Waals surface area contributed by atoms with E-state index < -0.39 is 16.0 Å². The molecule has 0 bridgehead atoms. The molecule has 0 aromatic heterocycles. The molecule has 170 valence electrons. The molecule has 0 fully saturated rings. The van der Waals surface area contributed by atoms with Crippen LogP contribution in [0.2, 0.25) is 0 Å². The minimum atomic E-state index is -3.66. The van der Waals surface area contributed by atoms with Crippen molar-refractivity contribution in [1.82, 2.24) is 5.32 Å². The maximum absolute atomic E-state index is 13.0. The summed E-state index contributed by atoms with van der Waals surface area (Å²) in [5, 5.41) is 2.76. The largest absolute Gasteiger partial charge is 0.452 e. The second kappa shape index (κ2) is 9.99. The van der Waals surface area contributed by atoms with E-state index in [1.54, 1.807) is 12.1 Å². The predicted molar refractivity (Wildman–Crippen MR) is 124 cm³/mol. The van der Waals surface area contributed by atoms with Gasteiger partial charge in [-0.25, -0.2) is 13.2 Å². The first-order valence-corrected chi connectivity index (χ1v) is 12.0. The molecule has 0 radical (unpaired) electrons. The Kier molecular flexibility index (Phi) is 7.35. The van der Waals surface area contributed by atoms with Crippen molar-refractivity contribution in [3.05, 3.63) is 65.7 Å². The number of carbonyl (C=O) groups is 2. The van der Waals surface area contributed by atoms with E-state index in [2.05, 4.69) is 5.32 Å². The Labute approximate surface area is 189 Å². The summed E-state index contributed by atoms with van der Waals surface area (Å²) in [5.41, 5.74) is 2.37. The van der Waals surface area contributed by atoms with Gasteiger partial charge in [-0.3, -0.25) is 9.10 Å². The van der Waals surface area contributed by atoms with E-state index in [4.69, 9.17) is 4.74 Å². The summed E-state index contributed by atoms with van der Waals surface area (Å²) < 4.78 is 32.4. The fraction of sp³-hybridized carbons (Fsp3) is 0.333. The lowest BCUT2D eigenvalue weighted by Crippen LogP contribution is -2.38. The molecule has 1 aliphatic heterocycles. The highest BCUT2D eigenvalue weighted by atomic mass is 32.2. The van der Waals surface area contributed by atoms with Crippen LogP contribution in [0.1, 0.15) is 31.9 Å². The standard InChI is InChI=1S/C24H28N2O5S/c1-17(2)18(3)25-23(27)16-31-24(28)13-10-19-8-11-21(12-9-19)32(29,30)26-15-14-20-6-4-5-7-22(20)26/h4-13,17-18H,14-16H2,1-3H3,(H,25,27)/b13-10+/t18-/m1/s1. The monoisotopic (exact) mass is 456 g/mol. The van der Waals surface area contributed by atoms with Gasteiger partial charge in [0.2, 0.25) is 0 Å². The van der Waals surface area contributed by atoms with Crippen LogP contribution in [0, 0.1) is 5.92 Å². The van der Waals surface area contributed by atoms with Gasteiger partial charge in [-0.05, 0) is 54.7 Å². The number of anilines is 1. The lowest BCUT2D eigenvalue weighted by molar-refractivity contribution is -0.144. The molecule has 2 aromatic carbocycles. The van der Waals surface area contributed by atoms with Gasteiger partial charge in [0.1, 0.15) is 0 Å². The molecule has 32 heavy (non-hydrogen) atoms. The van der Waals surface area contributed by atoms with Crippen LogP contribution in [-0.4, -0.2) is 39.5 Å². The van der Waals surface area contributed by atoms with Crippen molar-refractivity contribution in [2.45, 2.75) is 38.1 Å².